The lowest BCUT2D eigenvalue weighted by Crippen LogP contribution is -2.49. The number of carbonyl (C=O) groups excluding carboxylic acids is 2. The van der Waals surface area contributed by atoms with Crippen molar-refractivity contribution in [3.63, 3.8) is 0 Å². The zero-order valence-electron chi connectivity index (χ0n) is 11.5. The average Bonchev–Trinajstić information content (AvgIpc) is 2.85. The molecule has 2 heterocycles. The number of nitrogens with zero attached hydrogens (tertiary/aromatic N) is 2. The summed E-state index contributed by atoms with van der Waals surface area (Å²) in [6, 6.07) is -0.300. The number of nitrogens with two attached hydrogens (primary N) is 1. The van der Waals surface area contributed by atoms with Gasteiger partial charge in [-0.2, -0.15) is 0 Å². The first kappa shape index (κ1) is 14.6. The summed E-state index contributed by atoms with van der Waals surface area (Å²) >= 11 is 0. The van der Waals surface area contributed by atoms with Crippen molar-refractivity contribution in [2.24, 2.45) is 11.7 Å². The summed E-state index contributed by atoms with van der Waals surface area (Å²) in [5.74, 6) is -1.32. The number of likely N-dealkylation sites (tertiary alicyclic amines) is 2. The van der Waals surface area contributed by atoms with E-state index in [9.17, 15) is 14.4 Å². The van der Waals surface area contributed by atoms with Crippen LogP contribution in [0.25, 0.3) is 0 Å². The molecule has 2 aliphatic heterocycles. The summed E-state index contributed by atoms with van der Waals surface area (Å²) in [5, 5.41) is 8.88. The van der Waals surface area contributed by atoms with E-state index < -0.39 is 5.97 Å². The van der Waals surface area contributed by atoms with Gasteiger partial charge in [-0.15, -0.1) is 0 Å². The van der Waals surface area contributed by atoms with E-state index in [0.29, 0.717) is 32.5 Å². The second-order valence-corrected chi connectivity index (χ2v) is 5.53. The number of rotatable bonds is 3. The molecule has 7 nitrogen and oxygen atoms in total. The molecule has 0 aromatic heterocycles. The maximum absolute atomic E-state index is 12.4. The lowest BCUT2D eigenvalue weighted by molar-refractivity contribution is -0.138. The molecule has 0 radical (unpaired) electrons. The molecule has 0 aliphatic carbocycles. The van der Waals surface area contributed by atoms with Gasteiger partial charge in [-0.25, -0.2) is 4.79 Å². The molecule has 2 aliphatic rings. The van der Waals surface area contributed by atoms with Crippen molar-refractivity contribution in [1.29, 1.82) is 0 Å². The van der Waals surface area contributed by atoms with Crippen LogP contribution < -0.4 is 5.73 Å². The van der Waals surface area contributed by atoms with Crippen LogP contribution in [0.3, 0.4) is 0 Å². The highest BCUT2D eigenvalue weighted by atomic mass is 16.4. The van der Waals surface area contributed by atoms with Gasteiger partial charge in [-0.1, -0.05) is 0 Å². The molecule has 1 atom stereocenters. The number of hydrogen-bond acceptors (Lipinski definition) is 3. The van der Waals surface area contributed by atoms with Crippen molar-refractivity contribution in [2.75, 3.05) is 19.6 Å². The average molecular weight is 283 g/mol. The van der Waals surface area contributed by atoms with E-state index in [-0.39, 0.29) is 30.3 Å². The van der Waals surface area contributed by atoms with E-state index in [1.807, 2.05) is 0 Å². The molecule has 0 aromatic carbocycles. The largest absolute Gasteiger partial charge is 0.481 e. The van der Waals surface area contributed by atoms with Crippen LogP contribution in [0, 0.1) is 5.92 Å². The number of carboxylic acids is 1. The molecule has 2 rings (SSSR count). The molecular weight excluding hydrogens is 262 g/mol. The van der Waals surface area contributed by atoms with Crippen molar-refractivity contribution >= 4 is 17.9 Å². The van der Waals surface area contributed by atoms with Crippen molar-refractivity contribution in [2.45, 2.75) is 38.1 Å². The molecule has 3 N–H and O–H groups in total. The Kier molecular flexibility index (Phi) is 4.46. The molecule has 20 heavy (non-hydrogen) atoms. The minimum atomic E-state index is -0.873. The topological polar surface area (TPSA) is 104 Å². The lowest BCUT2D eigenvalue weighted by Gasteiger charge is -2.35. The maximum Gasteiger partial charge on any atom is 0.320 e. The first-order valence-electron chi connectivity index (χ1n) is 7.05. The standard InChI is InChI=1S/C13H21N3O4/c14-12(19)9-3-6-15(7-4-9)13(20)16-5-1-2-10(16)8-11(17)18/h9-10H,1-8H2,(H2,14,19)(H,17,18). The van der Waals surface area contributed by atoms with Gasteiger partial charge in [0, 0.05) is 31.6 Å². The summed E-state index contributed by atoms with van der Waals surface area (Å²) in [7, 11) is 0. The highest BCUT2D eigenvalue weighted by Crippen LogP contribution is 2.24. The van der Waals surface area contributed by atoms with Crippen LogP contribution in [0.4, 0.5) is 4.79 Å². The molecule has 112 valence electrons. The van der Waals surface area contributed by atoms with E-state index in [4.69, 9.17) is 10.8 Å². The first-order valence-corrected chi connectivity index (χ1v) is 7.05. The minimum absolute atomic E-state index is 0.00346. The zero-order valence-corrected chi connectivity index (χ0v) is 11.5. The quantitative estimate of drug-likeness (QED) is 0.774. The number of urea groups is 1. The van der Waals surface area contributed by atoms with Gasteiger partial charge in [0.2, 0.25) is 5.91 Å². The Balaban J connectivity index is 1.91. The fourth-order valence-corrected chi connectivity index (χ4v) is 3.04. The Morgan fingerprint density at radius 3 is 2.30 bits per heavy atom. The van der Waals surface area contributed by atoms with E-state index in [0.717, 1.165) is 12.8 Å². The third kappa shape index (κ3) is 3.20. The predicted molar refractivity (Wildman–Crippen MR) is 70.9 cm³/mol. The normalized spacial score (nSPS) is 23.9. The van der Waals surface area contributed by atoms with E-state index in [2.05, 4.69) is 0 Å². The molecule has 7 heteroatoms. The van der Waals surface area contributed by atoms with Gasteiger partial charge in [0.25, 0.3) is 0 Å². The van der Waals surface area contributed by atoms with Gasteiger partial charge in [0.15, 0.2) is 0 Å². The van der Waals surface area contributed by atoms with Crippen LogP contribution in [0.1, 0.15) is 32.1 Å². The Hall–Kier alpha value is -1.79. The Bertz CT molecular complexity index is 404. The van der Waals surface area contributed by atoms with E-state index in [1.54, 1.807) is 9.80 Å². The molecule has 0 spiro atoms. The molecule has 0 bridgehead atoms. The first-order chi connectivity index (χ1) is 9.49. The number of primary amides is 1. The Labute approximate surface area is 117 Å². The van der Waals surface area contributed by atoms with Gasteiger partial charge in [0.05, 0.1) is 6.42 Å². The fraction of sp³-hybridized carbons (Fsp3) is 0.769. The summed E-state index contributed by atoms with van der Waals surface area (Å²) in [6.07, 6.45) is 2.79. The second kappa shape index (κ2) is 6.11. The maximum atomic E-state index is 12.4. The van der Waals surface area contributed by atoms with Crippen molar-refractivity contribution < 1.29 is 19.5 Å². The van der Waals surface area contributed by atoms with Gasteiger partial charge in [-0.05, 0) is 25.7 Å². The van der Waals surface area contributed by atoms with Gasteiger partial charge in [-0.3, -0.25) is 9.59 Å². The monoisotopic (exact) mass is 283 g/mol. The van der Waals surface area contributed by atoms with Crippen LogP contribution in [0.15, 0.2) is 0 Å². The van der Waals surface area contributed by atoms with Crippen molar-refractivity contribution in [1.82, 2.24) is 9.80 Å². The van der Waals surface area contributed by atoms with Crippen LogP contribution in [0.2, 0.25) is 0 Å². The summed E-state index contributed by atoms with van der Waals surface area (Å²) in [4.78, 5) is 37.7. The van der Waals surface area contributed by atoms with Gasteiger partial charge in [0.1, 0.15) is 0 Å². The van der Waals surface area contributed by atoms with Crippen molar-refractivity contribution in [3.8, 4) is 0 Å². The summed E-state index contributed by atoms with van der Waals surface area (Å²) < 4.78 is 0. The minimum Gasteiger partial charge on any atom is -0.481 e. The Morgan fingerprint density at radius 1 is 1.10 bits per heavy atom. The van der Waals surface area contributed by atoms with E-state index in [1.165, 1.54) is 0 Å². The zero-order chi connectivity index (χ0) is 14.7. The lowest BCUT2D eigenvalue weighted by atomic mass is 9.96. The molecular formula is C13H21N3O4. The van der Waals surface area contributed by atoms with E-state index >= 15 is 0 Å². The summed E-state index contributed by atoms with van der Waals surface area (Å²) in [5.41, 5.74) is 5.27. The number of aliphatic carboxylic acids is 1. The smallest absolute Gasteiger partial charge is 0.320 e. The Morgan fingerprint density at radius 2 is 1.75 bits per heavy atom. The highest BCUT2D eigenvalue weighted by molar-refractivity contribution is 5.79. The number of amides is 3. The number of piperidine rings is 1. The van der Waals surface area contributed by atoms with Crippen LogP contribution in [-0.4, -0.2) is 58.5 Å². The van der Waals surface area contributed by atoms with Gasteiger partial charge >= 0.3 is 12.0 Å². The van der Waals surface area contributed by atoms with Crippen LogP contribution in [0.5, 0.6) is 0 Å². The fourth-order valence-electron chi connectivity index (χ4n) is 3.04. The van der Waals surface area contributed by atoms with Gasteiger partial charge < -0.3 is 20.6 Å². The van der Waals surface area contributed by atoms with Crippen LogP contribution in [-0.2, 0) is 9.59 Å². The second-order valence-electron chi connectivity index (χ2n) is 5.53. The van der Waals surface area contributed by atoms with Crippen molar-refractivity contribution in [3.05, 3.63) is 0 Å². The number of carboxylic acid groups (broad SMARTS) is 1. The third-order valence-corrected chi connectivity index (χ3v) is 4.20. The van der Waals surface area contributed by atoms with Crippen LogP contribution >= 0.6 is 0 Å². The SMILES string of the molecule is NC(=O)C1CCN(C(=O)N2CCCC2CC(=O)O)CC1. The molecule has 0 saturated carbocycles. The third-order valence-electron chi connectivity index (χ3n) is 4.20. The molecule has 2 saturated heterocycles. The molecule has 2 fully saturated rings. The highest BCUT2D eigenvalue weighted by Gasteiger charge is 2.35. The predicted octanol–water partition coefficient (Wildman–Crippen LogP) is 0.243. The molecule has 1 unspecified atom stereocenters. The molecule has 0 aromatic rings. The summed E-state index contributed by atoms with van der Waals surface area (Å²) in [6.45, 7) is 1.65. The number of carbonyl (C=O) groups is 3. The number of hydrogen-bond donors (Lipinski definition) is 2. The molecule has 3 amide bonds.